The summed E-state index contributed by atoms with van der Waals surface area (Å²) < 4.78 is 12.1. The van der Waals surface area contributed by atoms with Crippen LogP contribution >= 0.6 is 0 Å². The van der Waals surface area contributed by atoms with Crippen molar-refractivity contribution < 1.29 is 29.0 Å². The highest BCUT2D eigenvalue weighted by Gasteiger charge is 2.23. The van der Waals surface area contributed by atoms with E-state index in [9.17, 15) is 19.5 Å². The lowest BCUT2D eigenvalue weighted by Crippen LogP contribution is -2.42. The third-order valence-corrected chi connectivity index (χ3v) is 17.2. The molecule has 9 heteroatoms. The Morgan fingerprint density at radius 1 is 0.429 bits per heavy atom. The normalized spacial score (nSPS) is 14.5. The molecule has 0 saturated heterocycles. The van der Waals surface area contributed by atoms with Gasteiger partial charge < -0.3 is 19.9 Å². The average molecular weight is 1090 g/mol. The molecule has 0 heterocycles. The van der Waals surface area contributed by atoms with Gasteiger partial charge in [0.25, 0.3) is 0 Å². The van der Waals surface area contributed by atoms with E-state index in [1.54, 1.807) is 0 Å². The number of esters is 2. The van der Waals surface area contributed by atoms with Gasteiger partial charge in [0.15, 0.2) is 0 Å². The second-order valence-corrected chi connectivity index (χ2v) is 24.6. The fourth-order valence-electron chi connectivity index (χ4n) is 12.0. The van der Waals surface area contributed by atoms with Crippen molar-refractivity contribution in [3.8, 4) is 0 Å². The molecule has 0 bridgehead atoms. The van der Waals surface area contributed by atoms with E-state index in [2.05, 4.69) is 49.7 Å². The Bertz CT molecular complexity index is 1280. The Kier molecular flexibility index (Phi) is 53.5. The summed E-state index contributed by atoms with van der Waals surface area (Å²) in [6.45, 7) is 17.6. The van der Waals surface area contributed by atoms with Crippen molar-refractivity contribution in [1.29, 1.82) is 0 Å². The fourth-order valence-corrected chi connectivity index (χ4v) is 12.0. The van der Waals surface area contributed by atoms with Crippen LogP contribution in [-0.2, 0) is 23.9 Å². The number of amides is 1. The number of nitrogens with one attached hydrogen (secondary N) is 1. The number of rotatable bonds is 58. The molecule has 0 aliphatic heterocycles. The predicted octanol–water partition coefficient (Wildman–Crippen LogP) is 18.5. The summed E-state index contributed by atoms with van der Waals surface area (Å²) in [5.41, 5.74) is 0. The fraction of sp³-hybridized carbons (Fsp3) is 0.956. The molecule has 0 aromatic heterocycles. The van der Waals surface area contributed by atoms with Gasteiger partial charge in [-0.2, -0.15) is 0 Å². The van der Waals surface area contributed by atoms with Crippen molar-refractivity contribution >= 4 is 17.8 Å². The van der Waals surface area contributed by atoms with Crippen molar-refractivity contribution in [3.63, 3.8) is 0 Å². The van der Waals surface area contributed by atoms with E-state index in [1.807, 2.05) is 0 Å². The van der Waals surface area contributed by atoms with Gasteiger partial charge in [0.1, 0.15) is 0 Å². The SMILES string of the molecule is CCCCCCCCCCC(=O)OCC(CCCCN(CCN(CCO)CCCCCC(=O)NCC(CCCCCC)CCCCCCCC)C1CCCCCC1)COC(=O)CC(CCCCCC)CCCCCCCC. The number of carbonyl (C=O) groups is 3. The molecule has 456 valence electrons. The molecule has 0 aromatic rings. The van der Waals surface area contributed by atoms with Gasteiger partial charge in [-0.3, -0.25) is 24.2 Å². The maximum absolute atomic E-state index is 13.5. The van der Waals surface area contributed by atoms with Gasteiger partial charge >= 0.3 is 11.9 Å². The second-order valence-electron chi connectivity index (χ2n) is 24.6. The van der Waals surface area contributed by atoms with Crippen LogP contribution in [0.4, 0.5) is 0 Å². The first kappa shape index (κ1) is 73.3. The molecule has 9 nitrogen and oxygen atoms in total. The molecule has 0 spiro atoms. The van der Waals surface area contributed by atoms with E-state index >= 15 is 0 Å². The first-order valence-corrected chi connectivity index (χ1v) is 34.4. The zero-order valence-corrected chi connectivity index (χ0v) is 52.3. The highest BCUT2D eigenvalue weighted by Crippen LogP contribution is 2.26. The first-order chi connectivity index (χ1) is 37.8. The van der Waals surface area contributed by atoms with Gasteiger partial charge in [0.05, 0.1) is 19.8 Å². The van der Waals surface area contributed by atoms with Crippen LogP contribution in [0.3, 0.4) is 0 Å². The molecular weight excluding hydrogens is 955 g/mol. The van der Waals surface area contributed by atoms with E-state index in [0.29, 0.717) is 56.9 Å². The molecule has 3 unspecified atom stereocenters. The lowest BCUT2D eigenvalue weighted by atomic mass is 9.91. The zero-order chi connectivity index (χ0) is 55.9. The maximum Gasteiger partial charge on any atom is 0.306 e. The van der Waals surface area contributed by atoms with Gasteiger partial charge in [0.2, 0.25) is 5.91 Å². The van der Waals surface area contributed by atoms with E-state index in [0.717, 1.165) is 96.9 Å². The molecule has 3 atom stereocenters. The lowest BCUT2D eigenvalue weighted by Gasteiger charge is -2.33. The predicted molar refractivity (Wildman–Crippen MR) is 330 cm³/mol. The largest absolute Gasteiger partial charge is 0.465 e. The van der Waals surface area contributed by atoms with Crippen LogP contribution in [0.15, 0.2) is 0 Å². The summed E-state index contributed by atoms with van der Waals surface area (Å²) in [6, 6.07) is 0.592. The van der Waals surface area contributed by atoms with Crippen LogP contribution in [0.5, 0.6) is 0 Å². The van der Waals surface area contributed by atoms with Crippen LogP contribution in [0.2, 0.25) is 0 Å². The molecule has 1 aliphatic carbocycles. The summed E-state index contributed by atoms with van der Waals surface area (Å²) in [4.78, 5) is 44.8. The highest BCUT2D eigenvalue weighted by molar-refractivity contribution is 5.75. The smallest absolute Gasteiger partial charge is 0.306 e. The summed E-state index contributed by atoms with van der Waals surface area (Å²) in [5.74, 6) is 1.04. The van der Waals surface area contributed by atoms with Crippen molar-refractivity contribution in [2.75, 3.05) is 59.1 Å². The Hall–Kier alpha value is -1.71. The van der Waals surface area contributed by atoms with Crippen molar-refractivity contribution in [3.05, 3.63) is 0 Å². The average Bonchev–Trinajstić information content (AvgIpc) is 3.72. The monoisotopic (exact) mass is 1090 g/mol. The first-order valence-electron chi connectivity index (χ1n) is 34.4. The minimum atomic E-state index is -0.110. The Morgan fingerprint density at radius 3 is 1.38 bits per heavy atom. The molecule has 1 fully saturated rings. The summed E-state index contributed by atoms with van der Waals surface area (Å²) in [6.07, 6.45) is 55.3. The zero-order valence-electron chi connectivity index (χ0n) is 52.3. The van der Waals surface area contributed by atoms with E-state index in [4.69, 9.17) is 9.47 Å². The van der Waals surface area contributed by atoms with Crippen LogP contribution < -0.4 is 5.32 Å². The third kappa shape index (κ3) is 46.6. The van der Waals surface area contributed by atoms with Gasteiger partial charge in [-0.25, -0.2) is 0 Å². The standard InChI is InChI=1S/C68H133N3O6/c1-6-11-16-21-24-25-28-39-51-67(74)76-60-64(61-77-68(75)58-62(43-32-19-14-9-4)44-34-26-22-17-12-7-2)47-40-42-53-71(65-48-36-29-30-37-49-65)55-54-70(56-57-72)52-41-31-38-50-66(73)69-59-63(45-33-20-15-10-5)46-35-27-23-18-13-8-3/h62-65,72H,6-61H2,1-5H3,(H,69,73). The summed E-state index contributed by atoms with van der Waals surface area (Å²) >= 11 is 0. The van der Waals surface area contributed by atoms with E-state index < -0.39 is 0 Å². The van der Waals surface area contributed by atoms with Gasteiger partial charge in [0, 0.05) is 57.4 Å². The lowest BCUT2D eigenvalue weighted by molar-refractivity contribution is -0.150. The number of unbranched alkanes of at least 4 members (excludes halogenated alkanes) is 26. The molecule has 1 saturated carbocycles. The number of hydrogen-bond donors (Lipinski definition) is 2. The van der Waals surface area contributed by atoms with Crippen molar-refractivity contribution in [1.82, 2.24) is 15.1 Å². The van der Waals surface area contributed by atoms with Gasteiger partial charge in [-0.1, -0.05) is 247 Å². The molecule has 1 aliphatic rings. The number of ether oxygens (including phenoxy) is 2. The number of carbonyl (C=O) groups excluding carboxylic acids is 3. The Labute approximate surface area is 479 Å². The van der Waals surface area contributed by atoms with Gasteiger partial charge in [-0.05, 0) is 95.6 Å². The molecule has 0 radical (unpaired) electrons. The van der Waals surface area contributed by atoms with Gasteiger partial charge in [-0.15, -0.1) is 0 Å². The third-order valence-electron chi connectivity index (χ3n) is 17.2. The van der Waals surface area contributed by atoms with Crippen LogP contribution in [-0.4, -0.2) is 97.9 Å². The number of hydrogen-bond acceptors (Lipinski definition) is 8. The Balaban J connectivity index is 2.82. The maximum atomic E-state index is 13.5. The minimum absolute atomic E-state index is 0.00706. The van der Waals surface area contributed by atoms with Crippen molar-refractivity contribution in [2.45, 2.75) is 342 Å². The van der Waals surface area contributed by atoms with Crippen LogP contribution in [0.1, 0.15) is 336 Å². The van der Waals surface area contributed by atoms with E-state index in [-0.39, 0.29) is 30.4 Å². The topological polar surface area (TPSA) is 108 Å². The number of aliphatic hydroxyl groups excluding tert-OH is 1. The molecule has 2 N–H and O–H groups in total. The van der Waals surface area contributed by atoms with Crippen molar-refractivity contribution in [2.24, 2.45) is 17.8 Å². The highest BCUT2D eigenvalue weighted by atomic mass is 16.5. The summed E-state index contributed by atoms with van der Waals surface area (Å²) in [7, 11) is 0. The molecular formula is C68H133N3O6. The summed E-state index contributed by atoms with van der Waals surface area (Å²) in [5, 5.41) is 13.5. The quantitative estimate of drug-likeness (QED) is 0.0352. The number of aliphatic hydroxyl groups is 1. The van der Waals surface area contributed by atoms with Crippen LogP contribution in [0.25, 0.3) is 0 Å². The molecule has 0 aromatic carbocycles. The van der Waals surface area contributed by atoms with Crippen LogP contribution in [0, 0.1) is 17.8 Å². The molecule has 77 heavy (non-hydrogen) atoms. The minimum Gasteiger partial charge on any atom is -0.465 e. The molecule has 1 rings (SSSR count). The molecule has 1 amide bonds. The van der Waals surface area contributed by atoms with E-state index in [1.165, 1.54) is 218 Å². The second kappa shape index (κ2) is 56.2. The Morgan fingerprint density at radius 2 is 0.844 bits per heavy atom. The number of nitrogens with zero attached hydrogens (tertiary/aromatic N) is 2.